The summed E-state index contributed by atoms with van der Waals surface area (Å²) in [5, 5.41) is 0.268. The number of nitrogens with two attached hydrogens (primary N) is 1. The Hall–Kier alpha value is -0.630. The van der Waals surface area contributed by atoms with Crippen LogP contribution in [0.15, 0.2) is 18.2 Å². The highest BCUT2D eigenvalue weighted by Crippen LogP contribution is 2.28. The van der Waals surface area contributed by atoms with E-state index in [0.717, 1.165) is 17.7 Å². The zero-order chi connectivity index (χ0) is 11.1. The van der Waals surface area contributed by atoms with Gasteiger partial charge in [-0.05, 0) is 25.0 Å². The molecule has 0 amide bonds. The topological polar surface area (TPSA) is 26.0 Å². The quantitative estimate of drug-likeness (QED) is 0.561. The maximum atomic E-state index is 5.82. The van der Waals surface area contributed by atoms with Gasteiger partial charge in [-0.25, -0.2) is 0 Å². The molecule has 14 heavy (non-hydrogen) atoms. The lowest BCUT2D eigenvalue weighted by molar-refractivity contribution is 0.903. The van der Waals surface area contributed by atoms with E-state index in [0.29, 0.717) is 0 Å². The molecule has 2 N–H and O–H groups in total. The molecular weight excluding hydrogens is 190 g/mol. The van der Waals surface area contributed by atoms with Gasteiger partial charge in [0.05, 0.1) is 0 Å². The minimum atomic E-state index is 0.268. The minimum absolute atomic E-state index is 0.268. The summed E-state index contributed by atoms with van der Waals surface area (Å²) in [6, 6.07) is 6.08. The molecule has 1 aromatic rings. The predicted molar refractivity (Wildman–Crippen MR) is 69.0 cm³/mol. The van der Waals surface area contributed by atoms with Crippen LogP contribution >= 0.6 is 12.6 Å². The van der Waals surface area contributed by atoms with Crippen molar-refractivity contribution in [3.05, 3.63) is 29.3 Å². The second kappa shape index (κ2) is 6.77. The molecule has 1 rings (SSSR count). The Morgan fingerprint density at radius 1 is 1.36 bits per heavy atom. The maximum Gasteiger partial charge on any atom is 0.0358 e. The molecule has 1 unspecified atom stereocenters. The highest BCUT2D eigenvalue weighted by molar-refractivity contribution is 7.80. The van der Waals surface area contributed by atoms with E-state index in [2.05, 4.69) is 32.5 Å². The molecule has 0 radical (unpaired) electrons. The molecule has 0 saturated carbocycles. The van der Waals surface area contributed by atoms with Crippen LogP contribution in [0.25, 0.3) is 0 Å². The fraction of sp³-hybridized carbons (Fsp3) is 0.500. The van der Waals surface area contributed by atoms with Gasteiger partial charge in [0.25, 0.3) is 0 Å². The first-order chi connectivity index (χ1) is 6.65. The summed E-state index contributed by atoms with van der Waals surface area (Å²) in [4.78, 5) is 0. The van der Waals surface area contributed by atoms with Crippen LogP contribution in [0.2, 0.25) is 0 Å². The van der Waals surface area contributed by atoms with Gasteiger partial charge < -0.3 is 5.73 Å². The molecule has 0 aliphatic heterocycles. The lowest BCUT2D eigenvalue weighted by atomic mass is 10.1. The lowest BCUT2D eigenvalue weighted by Crippen LogP contribution is -1.96. The van der Waals surface area contributed by atoms with Gasteiger partial charge in [0.1, 0.15) is 0 Å². The van der Waals surface area contributed by atoms with Crippen molar-refractivity contribution in [1.82, 2.24) is 0 Å². The van der Waals surface area contributed by atoms with Crippen molar-refractivity contribution in [2.75, 3.05) is 5.73 Å². The Morgan fingerprint density at radius 3 is 2.43 bits per heavy atom. The fourth-order valence-electron chi connectivity index (χ4n) is 1.20. The largest absolute Gasteiger partial charge is 0.398 e. The molecule has 0 bridgehead atoms. The molecule has 0 aromatic heterocycles. The molecule has 1 nitrogen and oxygen atoms in total. The maximum absolute atomic E-state index is 5.82. The van der Waals surface area contributed by atoms with Crippen LogP contribution in [0.4, 0.5) is 5.69 Å². The number of thiol groups is 1. The van der Waals surface area contributed by atoms with Gasteiger partial charge in [-0.3, -0.25) is 0 Å². The molecule has 2 heteroatoms. The number of rotatable bonds is 2. The first-order valence-corrected chi connectivity index (χ1v) is 5.71. The van der Waals surface area contributed by atoms with Crippen LogP contribution < -0.4 is 5.73 Å². The molecule has 0 spiro atoms. The van der Waals surface area contributed by atoms with Crippen molar-refractivity contribution >= 4 is 18.3 Å². The number of aryl methyl sites for hydroxylation is 1. The van der Waals surface area contributed by atoms with E-state index in [9.17, 15) is 0 Å². The number of hydrogen-bond donors (Lipinski definition) is 2. The first-order valence-electron chi connectivity index (χ1n) is 5.19. The zero-order valence-electron chi connectivity index (χ0n) is 9.54. The van der Waals surface area contributed by atoms with Gasteiger partial charge in [0.2, 0.25) is 0 Å². The summed E-state index contributed by atoms with van der Waals surface area (Å²) in [5.74, 6) is 0. The van der Waals surface area contributed by atoms with Gasteiger partial charge in [-0.1, -0.05) is 38.5 Å². The Balaban J connectivity index is 0.000000791. The predicted octanol–water partition coefficient (Wildman–Crippen LogP) is 3.98. The van der Waals surface area contributed by atoms with E-state index in [1.54, 1.807) is 0 Å². The summed E-state index contributed by atoms with van der Waals surface area (Å²) in [6.07, 6.45) is 1.01. The van der Waals surface area contributed by atoms with Crippen LogP contribution in [0.5, 0.6) is 0 Å². The second-order valence-electron chi connectivity index (χ2n) is 3.06. The summed E-state index contributed by atoms with van der Waals surface area (Å²) in [7, 11) is 0. The Bertz CT molecular complexity index is 271. The first kappa shape index (κ1) is 13.4. The van der Waals surface area contributed by atoms with Gasteiger partial charge in [0, 0.05) is 10.9 Å². The van der Waals surface area contributed by atoms with Gasteiger partial charge in [-0.15, -0.1) is 0 Å². The van der Waals surface area contributed by atoms with E-state index in [-0.39, 0.29) is 5.25 Å². The number of benzene rings is 1. The van der Waals surface area contributed by atoms with Crippen molar-refractivity contribution in [3.63, 3.8) is 0 Å². The smallest absolute Gasteiger partial charge is 0.0358 e. The van der Waals surface area contributed by atoms with Gasteiger partial charge in [-0.2, -0.15) is 12.6 Å². The van der Waals surface area contributed by atoms with E-state index in [1.165, 1.54) is 5.56 Å². The van der Waals surface area contributed by atoms with E-state index in [1.807, 2.05) is 26.0 Å². The van der Waals surface area contributed by atoms with E-state index in [4.69, 9.17) is 5.73 Å². The Morgan fingerprint density at radius 2 is 1.93 bits per heavy atom. The molecule has 0 heterocycles. The average Bonchev–Trinajstić information content (AvgIpc) is 2.23. The third kappa shape index (κ3) is 3.62. The minimum Gasteiger partial charge on any atom is -0.398 e. The molecular formula is C12H21NS. The monoisotopic (exact) mass is 211 g/mol. The summed E-state index contributed by atoms with van der Waals surface area (Å²) in [6.45, 7) is 8.18. The molecule has 1 atom stereocenters. The number of nitrogen functional groups attached to an aromatic ring is 1. The zero-order valence-corrected chi connectivity index (χ0v) is 10.4. The number of hydrogen-bond acceptors (Lipinski definition) is 2. The van der Waals surface area contributed by atoms with Crippen molar-refractivity contribution in [3.8, 4) is 0 Å². The summed E-state index contributed by atoms with van der Waals surface area (Å²) in [5.41, 5.74) is 9.06. The second-order valence-corrected chi connectivity index (χ2v) is 3.68. The molecule has 0 saturated heterocycles. The van der Waals surface area contributed by atoms with Crippen LogP contribution in [0.1, 0.15) is 43.6 Å². The normalized spacial score (nSPS) is 11.5. The SMILES string of the molecule is CC.CCC(S)c1cc(C)ccc1N. The molecule has 1 aromatic carbocycles. The highest BCUT2D eigenvalue weighted by atomic mass is 32.1. The van der Waals surface area contributed by atoms with E-state index < -0.39 is 0 Å². The average molecular weight is 211 g/mol. The molecule has 0 fully saturated rings. The summed E-state index contributed by atoms with van der Waals surface area (Å²) >= 11 is 4.46. The lowest BCUT2D eigenvalue weighted by Gasteiger charge is -2.11. The standard InChI is InChI=1S/C10H15NS.C2H6/c1-3-10(12)8-6-7(2)4-5-9(8)11;1-2/h4-6,10,12H,3,11H2,1-2H3;1-2H3. The third-order valence-electron chi connectivity index (χ3n) is 1.99. The van der Waals surface area contributed by atoms with Gasteiger partial charge >= 0.3 is 0 Å². The number of anilines is 1. The van der Waals surface area contributed by atoms with Crippen LogP contribution in [0.3, 0.4) is 0 Å². The van der Waals surface area contributed by atoms with Crippen LogP contribution in [-0.2, 0) is 0 Å². The van der Waals surface area contributed by atoms with Crippen LogP contribution in [-0.4, -0.2) is 0 Å². The van der Waals surface area contributed by atoms with Crippen molar-refractivity contribution < 1.29 is 0 Å². The Labute approximate surface area is 93.1 Å². The molecule has 0 aliphatic rings. The highest BCUT2D eigenvalue weighted by Gasteiger charge is 2.06. The van der Waals surface area contributed by atoms with Crippen molar-refractivity contribution in [2.45, 2.75) is 39.4 Å². The van der Waals surface area contributed by atoms with Crippen molar-refractivity contribution in [1.29, 1.82) is 0 Å². The molecule has 80 valence electrons. The Kier molecular flexibility index (Phi) is 6.46. The van der Waals surface area contributed by atoms with Crippen molar-refractivity contribution in [2.24, 2.45) is 0 Å². The summed E-state index contributed by atoms with van der Waals surface area (Å²) < 4.78 is 0. The van der Waals surface area contributed by atoms with E-state index >= 15 is 0 Å². The van der Waals surface area contributed by atoms with Crippen LogP contribution in [0, 0.1) is 6.92 Å². The third-order valence-corrected chi connectivity index (χ3v) is 2.63. The fourth-order valence-corrected chi connectivity index (χ4v) is 1.43. The van der Waals surface area contributed by atoms with Gasteiger partial charge in [0.15, 0.2) is 0 Å². The molecule has 0 aliphatic carbocycles.